The number of aryl methyl sites for hydroxylation is 2. The number of benzene rings is 2. The largest absolute Gasteiger partial charge is 0.464 e. The Morgan fingerprint density at radius 3 is 2.52 bits per heavy atom. The van der Waals surface area contributed by atoms with E-state index < -0.39 is 5.97 Å². The summed E-state index contributed by atoms with van der Waals surface area (Å²) in [5.41, 5.74) is 7.80. The zero-order chi connectivity index (χ0) is 23.1. The molecule has 0 saturated heterocycles. The van der Waals surface area contributed by atoms with Crippen molar-refractivity contribution in [1.29, 1.82) is 0 Å². The van der Waals surface area contributed by atoms with Gasteiger partial charge in [0.15, 0.2) is 0 Å². The van der Waals surface area contributed by atoms with Crippen LogP contribution >= 0.6 is 15.9 Å². The predicted octanol–water partition coefficient (Wildman–Crippen LogP) is 5.51. The molecule has 0 aliphatic heterocycles. The molecule has 1 N–H and O–H groups in total. The number of methoxy groups -OCH3 is 1. The SMILES string of the molecule is COC(=O)c1c(Br)c2c(n1Cc1ccc(C)cc1)-c1[nH]c(=O)c(-c3ccccc3)cc1CC2. The Kier molecular flexibility index (Phi) is 5.54. The summed E-state index contributed by atoms with van der Waals surface area (Å²) >= 11 is 3.66. The maximum absolute atomic E-state index is 13.1. The monoisotopic (exact) mass is 502 g/mol. The maximum Gasteiger partial charge on any atom is 0.355 e. The molecule has 33 heavy (non-hydrogen) atoms. The van der Waals surface area contributed by atoms with Gasteiger partial charge in [-0.15, -0.1) is 0 Å². The Balaban J connectivity index is 1.72. The average molecular weight is 503 g/mol. The summed E-state index contributed by atoms with van der Waals surface area (Å²) in [4.78, 5) is 29.0. The van der Waals surface area contributed by atoms with Crippen molar-refractivity contribution in [2.24, 2.45) is 0 Å². The highest BCUT2D eigenvalue weighted by Gasteiger charge is 2.31. The number of aromatic nitrogens is 2. The van der Waals surface area contributed by atoms with Crippen molar-refractivity contribution in [3.05, 3.63) is 103 Å². The highest BCUT2D eigenvalue weighted by molar-refractivity contribution is 9.10. The summed E-state index contributed by atoms with van der Waals surface area (Å²) in [6.45, 7) is 2.53. The maximum atomic E-state index is 13.1. The number of nitrogens with one attached hydrogen (secondary N) is 1. The second-order valence-corrected chi connectivity index (χ2v) is 9.12. The molecule has 0 spiro atoms. The second kappa shape index (κ2) is 8.52. The molecule has 0 amide bonds. The van der Waals surface area contributed by atoms with Gasteiger partial charge in [-0.2, -0.15) is 0 Å². The van der Waals surface area contributed by atoms with Crippen molar-refractivity contribution in [2.75, 3.05) is 7.11 Å². The van der Waals surface area contributed by atoms with Gasteiger partial charge in [0.1, 0.15) is 5.69 Å². The van der Waals surface area contributed by atoms with Gasteiger partial charge >= 0.3 is 5.97 Å². The molecule has 0 unspecified atom stereocenters. The zero-order valence-electron chi connectivity index (χ0n) is 18.4. The lowest BCUT2D eigenvalue weighted by molar-refractivity contribution is 0.0588. The minimum atomic E-state index is -0.409. The van der Waals surface area contributed by atoms with Gasteiger partial charge in [-0.1, -0.05) is 60.2 Å². The topological polar surface area (TPSA) is 64.1 Å². The summed E-state index contributed by atoms with van der Waals surface area (Å²) in [6, 6.07) is 19.9. The van der Waals surface area contributed by atoms with Crippen molar-refractivity contribution in [2.45, 2.75) is 26.3 Å². The quantitative estimate of drug-likeness (QED) is 0.374. The van der Waals surface area contributed by atoms with Crippen LogP contribution in [0.3, 0.4) is 0 Å². The molecular weight excluding hydrogens is 480 g/mol. The first-order valence-electron chi connectivity index (χ1n) is 10.8. The number of fused-ring (bicyclic) bond motifs is 3. The average Bonchev–Trinajstić information content (AvgIpc) is 3.11. The smallest absolute Gasteiger partial charge is 0.355 e. The number of carbonyl (C=O) groups excluding carboxylic acids is 1. The fraction of sp³-hybridized carbons (Fsp3) is 0.185. The molecule has 5 nitrogen and oxygen atoms in total. The van der Waals surface area contributed by atoms with Gasteiger partial charge in [-0.3, -0.25) is 4.79 Å². The zero-order valence-corrected chi connectivity index (χ0v) is 20.0. The van der Waals surface area contributed by atoms with E-state index in [1.807, 2.05) is 47.9 Å². The number of pyridine rings is 1. The summed E-state index contributed by atoms with van der Waals surface area (Å²) in [5, 5.41) is 0. The molecule has 0 atom stereocenters. The molecule has 166 valence electrons. The number of hydrogen-bond donors (Lipinski definition) is 1. The fourth-order valence-electron chi connectivity index (χ4n) is 4.56. The van der Waals surface area contributed by atoms with Crippen molar-refractivity contribution in [3.8, 4) is 22.5 Å². The summed E-state index contributed by atoms with van der Waals surface area (Å²) in [5.74, 6) is -0.409. The second-order valence-electron chi connectivity index (χ2n) is 8.33. The number of nitrogens with zero attached hydrogens (tertiary/aromatic N) is 1. The van der Waals surface area contributed by atoms with Crippen LogP contribution in [-0.4, -0.2) is 22.6 Å². The van der Waals surface area contributed by atoms with E-state index in [0.29, 0.717) is 17.8 Å². The number of halogens is 1. The standard InChI is InChI=1S/C27H23BrN2O3/c1-16-8-10-17(11-9-16)15-30-24-20(22(28)25(30)27(32)33-2)13-12-19-14-21(26(31)29-23(19)24)18-6-4-3-5-7-18/h3-11,14H,12-13,15H2,1-2H3,(H,29,31). The van der Waals surface area contributed by atoms with Crippen LogP contribution < -0.4 is 5.56 Å². The normalized spacial score (nSPS) is 12.2. The van der Waals surface area contributed by atoms with E-state index in [4.69, 9.17) is 4.74 Å². The van der Waals surface area contributed by atoms with E-state index in [9.17, 15) is 9.59 Å². The molecule has 0 saturated carbocycles. The van der Waals surface area contributed by atoms with Crippen LogP contribution in [0.1, 0.15) is 32.7 Å². The lowest BCUT2D eigenvalue weighted by Crippen LogP contribution is -2.18. The Morgan fingerprint density at radius 2 is 1.82 bits per heavy atom. The Morgan fingerprint density at radius 1 is 1.09 bits per heavy atom. The van der Waals surface area contributed by atoms with E-state index in [0.717, 1.165) is 51.0 Å². The predicted molar refractivity (Wildman–Crippen MR) is 133 cm³/mol. The summed E-state index contributed by atoms with van der Waals surface area (Å²) in [7, 11) is 1.39. The molecule has 1 aliphatic carbocycles. The lowest BCUT2D eigenvalue weighted by atomic mass is 9.92. The van der Waals surface area contributed by atoms with Gasteiger partial charge in [0.05, 0.1) is 23.0 Å². The Bertz CT molecular complexity index is 1420. The number of hydrogen-bond acceptors (Lipinski definition) is 3. The highest BCUT2D eigenvalue weighted by atomic mass is 79.9. The van der Waals surface area contributed by atoms with Gasteiger partial charge in [0.2, 0.25) is 0 Å². The summed E-state index contributed by atoms with van der Waals surface area (Å²) < 4.78 is 7.82. The van der Waals surface area contributed by atoms with Crippen LogP contribution in [-0.2, 0) is 24.1 Å². The fourth-order valence-corrected chi connectivity index (χ4v) is 5.32. The van der Waals surface area contributed by atoms with Gasteiger partial charge in [0.25, 0.3) is 5.56 Å². The third-order valence-electron chi connectivity index (χ3n) is 6.23. The first-order chi connectivity index (χ1) is 16.0. The molecule has 6 heteroatoms. The molecule has 1 aliphatic rings. The van der Waals surface area contributed by atoms with Gasteiger partial charge in [-0.05, 0) is 64.0 Å². The third kappa shape index (κ3) is 3.74. The molecule has 0 bridgehead atoms. The molecule has 2 aromatic carbocycles. The Labute approximate surface area is 200 Å². The van der Waals surface area contributed by atoms with Crippen LogP contribution in [0.25, 0.3) is 22.5 Å². The molecule has 0 radical (unpaired) electrons. The van der Waals surface area contributed by atoms with Crippen LogP contribution in [0.2, 0.25) is 0 Å². The molecule has 2 aromatic heterocycles. The number of H-pyrrole nitrogens is 1. The van der Waals surface area contributed by atoms with Crippen molar-refractivity contribution in [3.63, 3.8) is 0 Å². The van der Waals surface area contributed by atoms with E-state index in [1.54, 1.807) is 0 Å². The summed E-state index contributed by atoms with van der Waals surface area (Å²) in [6.07, 6.45) is 1.53. The van der Waals surface area contributed by atoms with E-state index >= 15 is 0 Å². The van der Waals surface area contributed by atoms with E-state index in [1.165, 1.54) is 12.7 Å². The number of esters is 1. The van der Waals surface area contributed by atoms with Gasteiger partial charge in [-0.25, -0.2) is 4.79 Å². The first-order valence-corrected chi connectivity index (χ1v) is 11.6. The third-order valence-corrected chi connectivity index (χ3v) is 7.08. The van der Waals surface area contributed by atoms with Crippen LogP contribution in [0, 0.1) is 6.92 Å². The van der Waals surface area contributed by atoms with E-state index in [2.05, 4.69) is 45.2 Å². The number of aromatic amines is 1. The number of carbonyl (C=O) groups is 1. The number of ether oxygens (including phenoxy) is 1. The molecular formula is C27H23BrN2O3. The molecule has 5 rings (SSSR count). The van der Waals surface area contributed by atoms with Gasteiger partial charge in [0, 0.05) is 12.1 Å². The minimum absolute atomic E-state index is 0.147. The van der Waals surface area contributed by atoms with Crippen molar-refractivity contribution in [1.82, 2.24) is 9.55 Å². The van der Waals surface area contributed by atoms with Gasteiger partial charge < -0.3 is 14.3 Å². The Hall–Kier alpha value is -3.38. The van der Waals surface area contributed by atoms with Crippen molar-refractivity contribution < 1.29 is 9.53 Å². The molecule has 4 aromatic rings. The number of rotatable bonds is 4. The minimum Gasteiger partial charge on any atom is -0.464 e. The van der Waals surface area contributed by atoms with Crippen LogP contribution in [0.4, 0.5) is 0 Å². The molecule has 0 fully saturated rings. The first kappa shape index (κ1) is 21.5. The van der Waals surface area contributed by atoms with Crippen LogP contribution in [0.5, 0.6) is 0 Å². The van der Waals surface area contributed by atoms with E-state index in [-0.39, 0.29) is 5.56 Å². The highest BCUT2D eigenvalue weighted by Crippen LogP contribution is 2.41. The van der Waals surface area contributed by atoms with Crippen molar-refractivity contribution >= 4 is 21.9 Å². The van der Waals surface area contributed by atoms with Crippen LogP contribution in [0.15, 0.2) is 69.9 Å². The lowest BCUT2D eigenvalue weighted by Gasteiger charge is -2.21. The molecule has 2 heterocycles.